The van der Waals surface area contributed by atoms with E-state index in [1.54, 1.807) is 0 Å². The van der Waals surface area contributed by atoms with Crippen LogP contribution in [0.15, 0.2) is 24.3 Å². The molecule has 1 N–H and O–H groups in total. The molecule has 3 heteroatoms. The van der Waals surface area contributed by atoms with E-state index in [9.17, 15) is 0 Å². The highest BCUT2D eigenvalue weighted by atomic mass is 127. The van der Waals surface area contributed by atoms with E-state index in [2.05, 4.69) is 57.1 Å². The Labute approximate surface area is 117 Å². The largest absolute Gasteiger partial charge is 0.312 e. The Hall–Kier alpha value is -0.130. The zero-order valence-electron chi connectivity index (χ0n) is 10.0. The molecule has 0 amide bonds. The highest BCUT2D eigenvalue weighted by Crippen LogP contribution is 2.26. The van der Waals surface area contributed by atoms with Gasteiger partial charge < -0.3 is 5.32 Å². The molecule has 0 saturated carbocycles. The molecule has 2 heterocycles. The summed E-state index contributed by atoms with van der Waals surface area (Å²) in [6.45, 7) is 4.85. The second-order valence-corrected chi connectivity index (χ2v) is 6.53. The van der Waals surface area contributed by atoms with Crippen LogP contribution in [0, 0.1) is 9.49 Å². The summed E-state index contributed by atoms with van der Waals surface area (Å²) in [5, 5.41) is 3.66. The third-order valence-corrected chi connectivity index (χ3v) is 4.71. The van der Waals surface area contributed by atoms with Crippen LogP contribution in [-0.4, -0.2) is 30.6 Å². The second-order valence-electron chi connectivity index (χ2n) is 5.28. The molecule has 2 saturated heterocycles. The van der Waals surface area contributed by atoms with E-state index >= 15 is 0 Å². The number of hydrogen-bond donors (Lipinski definition) is 1. The lowest BCUT2D eigenvalue weighted by Crippen LogP contribution is -2.40. The summed E-state index contributed by atoms with van der Waals surface area (Å²) in [6, 6.07) is 9.69. The van der Waals surface area contributed by atoms with E-state index in [-0.39, 0.29) is 0 Å². The number of rotatable bonds is 2. The molecular weight excluding hydrogens is 323 g/mol. The molecule has 2 atom stereocenters. The van der Waals surface area contributed by atoms with E-state index in [4.69, 9.17) is 0 Å². The monoisotopic (exact) mass is 342 g/mol. The first-order valence-corrected chi connectivity index (χ1v) is 7.59. The summed E-state index contributed by atoms with van der Waals surface area (Å²) in [7, 11) is 0. The number of fused-ring (bicyclic) bond motifs is 1. The fraction of sp³-hybridized carbons (Fsp3) is 0.571. The van der Waals surface area contributed by atoms with Gasteiger partial charge in [0, 0.05) is 29.2 Å². The molecule has 0 radical (unpaired) electrons. The molecule has 1 aromatic carbocycles. The van der Waals surface area contributed by atoms with Gasteiger partial charge in [0.15, 0.2) is 0 Å². The number of nitrogens with zero attached hydrogens (tertiary/aromatic N) is 1. The van der Waals surface area contributed by atoms with Gasteiger partial charge in [-0.25, -0.2) is 0 Å². The van der Waals surface area contributed by atoms with Crippen molar-refractivity contribution in [2.75, 3.05) is 19.6 Å². The third-order valence-electron chi connectivity index (χ3n) is 3.99. The number of piperidine rings is 1. The average Bonchev–Trinajstić information content (AvgIpc) is 2.74. The molecule has 1 aromatic rings. The predicted molar refractivity (Wildman–Crippen MR) is 79.0 cm³/mol. The molecule has 92 valence electrons. The SMILES string of the molecule is Ic1ccc(CN2C[C@@H]3CCCN[C@@H]3C2)cc1. The van der Waals surface area contributed by atoms with Gasteiger partial charge in [0.05, 0.1) is 0 Å². The average molecular weight is 342 g/mol. The second kappa shape index (κ2) is 5.24. The topological polar surface area (TPSA) is 15.3 Å². The molecule has 2 fully saturated rings. The van der Waals surface area contributed by atoms with Crippen molar-refractivity contribution < 1.29 is 0 Å². The number of benzene rings is 1. The Morgan fingerprint density at radius 2 is 2.06 bits per heavy atom. The maximum absolute atomic E-state index is 3.66. The van der Waals surface area contributed by atoms with Gasteiger partial charge in [-0.15, -0.1) is 0 Å². The van der Waals surface area contributed by atoms with Gasteiger partial charge in [-0.2, -0.15) is 0 Å². The van der Waals surface area contributed by atoms with Crippen LogP contribution in [0.25, 0.3) is 0 Å². The normalized spacial score (nSPS) is 29.2. The van der Waals surface area contributed by atoms with Crippen molar-refractivity contribution in [1.29, 1.82) is 0 Å². The molecule has 2 aliphatic heterocycles. The molecule has 0 spiro atoms. The van der Waals surface area contributed by atoms with Gasteiger partial charge in [0.1, 0.15) is 0 Å². The van der Waals surface area contributed by atoms with Crippen LogP contribution in [0.2, 0.25) is 0 Å². The molecular formula is C14H19IN2. The summed E-state index contributed by atoms with van der Waals surface area (Å²) < 4.78 is 1.32. The Kier molecular flexibility index (Phi) is 3.68. The molecule has 17 heavy (non-hydrogen) atoms. The summed E-state index contributed by atoms with van der Waals surface area (Å²) in [5.41, 5.74) is 1.45. The molecule has 3 rings (SSSR count). The number of hydrogen-bond acceptors (Lipinski definition) is 2. The third kappa shape index (κ3) is 2.83. The smallest absolute Gasteiger partial charge is 0.0235 e. The van der Waals surface area contributed by atoms with Crippen LogP contribution in [0.5, 0.6) is 0 Å². The minimum atomic E-state index is 0.757. The summed E-state index contributed by atoms with van der Waals surface area (Å²) in [4.78, 5) is 2.61. The Balaban J connectivity index is 1.61. The maximum atomic E-state index is 3.66. The van der Waals surface area contributed by atoms with Crippen molar-refractivity contribution in [3.8, 4) is 0 Å². The molecule has 0 unspecified atom stereocenters. The quantitative estimate of drug-likeness (QED) is 0.831. The zero-order chi connectivity index (χ0) is 11.7. The minimum Gasteiger partial charge on any atom is -0.312 e. The van der Waals surface area contributed by atoms with Gasteiger partial charge in [-0.3, -0.25) is 4.90 Å². The van der Waals surface area contributed by atoms with Crippen LogP contribution in [0.3, 0.4) is 0 Å². The Bertz CT molecular complexity index is 362. The first-order chi connectivity index (χ1) is 8.31. The lowest BCUT2D eigenvalue weighted by Gasteiger charge is -2.24. The summed E-state index contributed by atoms with van der Waals surface area (Å²) >= 11 is 2.36. The number of nitrogens with one attached hydrogen (secondary N) is 1. The fourth-order valence-corrected chi connectivity index (χ4v) is 3.47. The summed E-state index contributed by atoms with van der Waals surface area (Å²) in [6.07, 6.45) is 2.78. The molecule has 0 aromatic heterocycles. The van der Waals surface area contributed by atoms with Gasteiger partial charge in [0.2, 0.25) is 0 Å². The zero-order valence-corrected chi connectivity index (χ0v) is 12.2. The van der Waals surface area contributed by atoms with Crippen LogP contribution in [0.4, 0.5) is 0 Å². The van der Waals surface area contributed by atoms with E-state index in [0.29, 0.717) is 0 Å². The van der Waals surface area contributed by atoms with Crippen molar-refractivity contribution in [2.24, 2.45) is 5.92 Å². The predicted octanol–water partition coefficient (Wildman–Crippen LogP) is 2.48. The minimum absolute atomic E-state index is 0.757. The number of halogens is 1. The molecule has 2 nitrogen and oxygen atoms in total. The Morgan fingerprint density at radius 1 is 1.24 bits per heavy atom. The van der Waals surface area contributed by atoms with Gasteiger partial charge in [0.25, 0.3) is 0 Å². The standard InChI is InChI=1S/C14H19IN2/c15-13-5-3-11(4-6-13)8-17-9-12-2-1-7-16-14(12)10-17/h3-6,12,14,16H,1-2,7-10H2/t12-,14+/m0/s1. The van der Waals surface area contributed by atoms with E-state index in [1.807, 2.05) is 0 Å². The first-order valence-electron chi connectivity index (χ1n) is 6.51. The highest BCUT2D eigenvalue weighted by Gasteiger charge is 2.33. The molecule has 2 aliphatic rings. The van der Waals surface area contributed by atoms with Crippen LogP contribution >= 0.6 is 22.6 Å². The lowest BCUT2D eigenvalue weighted by molar-refractivity contribution is 0.312. The van der Waals surface area contributed by atoms with Gasteiger partial charge >= 0.3 is 0 Å². The van der Waals surface area contributed by atoms with Crippen molar-refractivity contribution >= 4 is 22.6 Å². The van der Waals surface area contributed by atoms with Crippen molar-refractivity contribution in [3.05, 3.63) is 33.4 Å². The first kappa shape index (κ1) is 11.9. The maximum Gasteiger partial charge on any atom is 0.0235 e. The molecule has 0 bridgehead atoms. The molecule has 0 aliphatic carbocycles. The van der Waals surface area contributed by atoms with Crippen molar-refractivity contribution in [2.45, 2.75) is 25.4 Å². The van der Waals surface area contributed by atoms with Crippen molar-refractivity contribution in [3.63, 3.8) is 0 Å². The highest BCUT2D eigenvalue weighted by molar-refractivity contribution is 14.1. The van der Waals surface area contributed by atoms with Gasteiger partial charge in [-0.1, -0.05) is 12.1 Å². The van der Waals surface area contributed by atoms with Gasteiger partial charge in [-0.05, 0) is 65.6 Å². The van der Waals surface area contributed by atoms with Crippen molar-refractivity contribution in [1.82, 2.24) is 10.2 Å². The lowest BCUT2D eigenvalue weighted by atomic mass is 9.94. The van der Waals surface area contributed by atoms with E-state index in [0.717, 1.165) is 18.5 Å². The number of likely N-dealkylation sites (tertiary alicyclic amines) is 1. The van der Waals surface area contributed by atoms with E-state index < -0.39 is 0 Å². The fourth-order valence-electron chi connectivity index (χ4n) is 3.11. The Morgan fingerprint density at radius 3 is 2.82 bits per heavy atom. The van der Waals surface area contributed by atoms with Crippen LogP contribution in [-0.2, 0) is 6.54 Å². The van der Waals surface area contributed by atoms with Crippen LogP contribution < -0.4 is 5.32 Å². The van der Waals surface area contributed by atoms with E-state index in [1.165, 1.54) is 41.6 Å². The van der Waals surface area contributed by atoms with Crippen LogP contribution in [0.1, 0.15) is 18.4 Å². The summed E-state index contributed by atoms with van der Waals surface area (Å²) in [5.74, 6) is 0.896.